The third-order valence-electron chi connectivity index (χ3n) is 1.71. The van der Waals surface area contributed by atoms with Crippen molar-refractivity contribution >= 4 is 11.6 Å². The molecular formula is C6H8O6. The first kappa shape index (κ1) is 9.27. The number of aliphatic hydroxyl groups excluding tert-OH is 2. The van der Waals surface area contributed by atoms with Crippen LogP contribution in [0.3, 0.4) is 0 Å². The molecular weight excluding hydrogens is 168 g/mol. The largest absolute Gasteiger partial charge is 0.382 e. The van der Waals surface area contributed by atoms with E-state index in [4.69, 9.17) is 20.4 Å². The quantitative estimate of drug-likeness (QED) is 0.291. The minimum atomic E-state index is -2.84. The molecule has 1 saturated carbocycles. The van der Waals surface area contributed by atoms with E-state index in [0.717, 1.165) is 0 Å². The molecule has 1 aliphatic carbocycles. The first-order valence-corrected chi connectivity index (χ1v) is 3.24. The van der Waals surface area contributed by atoms with Crippen LogP contribution in [-0.4, -0.2) is 50.0 Å². The monoisotopic (exact) mass is 176 g/mol. The zero-order chi connectivity index (χ0) is 9.52. The Morgan fingerprint density at radius 3 is 2.17 bits per heavy atom. The van der Waals surface area contributed by atoms with Gasteiger partial charge in [0, 0.05) is 0 Å². The Balaban J connectivity index is 2.93. The van der Waals surface area contributed by atoms with Crippen molar-refractivity contribution in [1.29, 1.82) is 0 Å². The summed E-state index contributed by atoms with van der Waals surface area (Å²) < 4.78 is 0. The molecule has 0 radical (unpaired) electrons. The third-order valence-corrected chi connectivity index (χ3v) is 1.71. The molecule has 68 valence electrons. The predicted molar refractivity (Wildman–Crippen MR) is 33.8 cm³/mol. The van der Waals surface area contributed by atoms with Crippen molar-refractivity contribution < 1.29 is 30.0 Å². The summed E-state index contributed by atoms with van der Waals surface area (Å²) >= 11 is 0. The van der Waals surface area contributed by atoms with E-state index < -0.39 is 36.0 Å². The number of hydrogen-bond acceptors (Lipinski definition) is 6. The number of carbonyl (C=O) groups excluding carboxylic acids is 2. The number of Topliss-reactive ketones (excluding diaryl/α,β-unsaturated/α-hetero) is 2. The van der Waals surface area contributed by atoms with Gasteiger partial charge in [-0.05, 0) is 0 Å². The second kappa shape index (κ2) is 2.60. The molecule has 6 nitrogen and oxygen atoms in total. The van der Waals surface area contributed by atoms with E-state index in [-0.39, 0.29) is 0 Å². The molecule has 0 heterocycles. The zero-order valence-corrected chi connectivity index (χ0v) is 5.97. The van der Waals surface area contributed by atoms with Gasteiger partial charge in [-0.25, -0.2) is 0 Å². The number of ketones is 2. The lowest BCUT2D eigenvalue weighted by Crippen LogP contribution is -2.58. The van der Waals surface area contributed by atoms with Crippen LogP contribution in [0.1, 0.15) is 6.42 Å². The van der Waals surface area contributed by atoms with Gasteiger partial charge in [0.2, 0.25) is 11.6 Å². The van der Waals surface area contributed by atoms with E-state index >= 15 is 0 Å². The highest BCUT2D eigenvalue weighted by Gasteiger charge is 2.50. The van der Waals surface area contributed by atoms with Gasteiger partial charge in [-0.15, -0.1) is 0 Å². The predicted octanol–water partition coefficient (Wildman–Crippen LogP) is -3.07. The van der Waals surface area contributed by atoms with Gasteiger partial charge in [0.05, 0.1) is 6.42 Å². The summed E-state index contributed by atoms with van der Waals surface area (Å²) in [6.07, 6.45) is -4.77. The summed E-state index contributed by atoms with van der Waals surface area (Å²) in [4.78, 5) is 21.4. The van der Waals surface area contributed by atoms with E-state index in [9.17, 15) is 9.59 Å². The maximum absolute atomic E-state index is 10.7. The van der Waals surface area contributed by atoms with Gasteiger partial charge in [-0.1, -0.05) is 0 Å². The molecule has 6 heteroatoms. The molecule has 1 aliphatic rings. The molecule has 2 atom stereocenters. The second-order valence-electron chi connectivity index (χ2n) is 2.71. The lowest BCUT2D eigenvalue weighted by Gasteiger charge is -2.30. The highest BCUT2D eigenvalue weighted by molar-refractivity contribution is 6.03. The van der Waals surface area contributed by atoms with Crippen LogP contribution >= 0.6 is 0 Å². The smallest absolute Gasteiger partial charge is 0.234 e. The molecule has 0 aliphatic heterocycles. The molecule has 1 rings (SSSR count). The second-order valence-corrected chi connectivity index (χ2v) is 2.71. The van der Waals surface area contributed by atoms with Gasteiger partial charge in [-0.2, -0.15) is 0 Å². The molecule has 0 aromatic rings. The fourth-order valence-electron chi connectivity index (χ4n) is 0.991. The molecule has 2 unspecified atom stereocenters. The summed E-state index contributed by atoms with van der Waals surface area (Å²) in [6, 6.07) is 0. The first-order valence-electron chi connectivity index (χ1n) is 3.24. The van der Waals surface area contributed by atoms with Crippen molar-refractivity contribution in [2.75, 3.05) is 0 Å². The Morgan fingerprint density at radius 2 is 1.67 bits per heavy atom. The highest BCUT2D eigenvalue weighted by atomic mass is 16.5. The van der Waals surface area contributed by atoms with Crippen molar-refractivity contribution in [3.05, 3.63) is 0 Å². The van der Waals surface area contributed by atoms with Crippen molar-refractivity contribution in [2.45, 2.75) is 24.4 Å². The van der Waals surface area contributed by atoms with Crippen LogP contribution in [0.15, 0.2) is 0 Å². The first-order chi connectivity index (χ1) is 5.36. The number of rotatable bonds is 0. The number of hydrogen-bond donors (Lipinski definition) is 4. The van der Waals surface area contributed by atoms with Crippen LogP contribution in [0.2, 0.25) is 0 Å². The highest BCUT2D eigenvalue weighted by Crippen LogP contribution is 2.20. The van der Waals surface area contributed by atoms with Crippen LogP contribution in [-0.2, 0) is 9.59 Å². The zero-order valence-electron chi connectivity index (χ0n) is 5.97. The van der Waals surface area contributed by atoms with Crippen LogP contribution in [0, 0.1) is 0 Å². The lowest BCUT2D eigenvalue weighted by atomic mass is 9.87. The third kappa shape index (κ3) is 1.25. The molecule has 0 amide bonds. The molecule has 0 saturated heterocycles. The lowest BCUT2D eigenvalue weighted by molar-refractivity contribution is -0.208. The minimum Gasteiger partial charge on any atom is -0.382 e. The van der Waals surface area contributed by atoms with Gasteiger partial charge in [0.1, 0.15) is 6.10 Å². The molecule has 1 fully saturated rings. The molecule has 12 heavy (non-hydrogen) atoms. The Bertz CT molecular complexity index is 232. The topological polar surface area (TPSA) is 115 Å². The average molecular weight is 176 g/mol. The van der Waals surface area contributed by atoms with Gasteiger partial charge in [-0.3, -0.25) is 9.59 Å². The Morgan fingerprint density at radius 1 is 1.17 bits per heavy atom. The van der Waals surface area contributed by atoms with Gasteiger partial charge >= 0.3 is 0 Å². The molecule has 0 spiro atoms. The summed E-state index contributed by atoms with van der Waals surface area (Å²) in [5, 5.41) is 35.2. The standard InChI is InChI=1S/C6H8O6/c7-2-1-6(11,12)5(10)4(9)3(2)8/h3-4,8-9,11-12H,1H2. The minimum absolute atomic E-state index is 0.885. The van der Waals surface area contributed by atoms with Gasteiger partial charge in [0.25, 0.3) is 0 Å². The van der Waals surface area contributed by atoms with E-state index in [2.05, 4.69) is 0 Å². The van der Waals surface area contributed by atoms with Crippen molar-refractivity contribution in [1.82, 2.24) is 0 Å². The van der Waals surface area contributed by atoms with Crippen molar-refractivity contribution in [2.24, 2.45) is 0 Å². The van der Waals surface area contributed by atoms with Crippen LogP contribution in [0.5, 0.6) is 0 Å². The van der Waals surface area contributed by atoms with E-state index in [1.54, 1.807) is 0 Å². The number of carbonyl (C=O) groups is 2. The summed E-state index contributed by atoms with van der Waals surface area (Å²) in [7, 11) is 0. The SMILES string of the molecule is O=C1CC(O)(O)C(=O)C(O)C1O. The van der Waals surface area contributed by atoms with Gasteiger partial charge < -0.3 is 20.4 Å². The van der Waals surface area contributed by atoms with Gasteiger partial charge in [0.15, 0.2) is 11.9 Å². The molecule has 0 bridgehead atoms. The van der Waals surface area contributed by atoms with Crippen LogP contribution < -0.4 is 0 Å². The molecule has 0 aromatic carbocycles. The molecule has 0 aromatic heterocycles. The maximum atomic E-state index is 10.7. The Kier molecular flexibility index (Phi) is 2.01. The van der Waals surface area contributed by atoms with E-state index in [1.165, 1.54) is 0 Å². The summed E-state index contributed by atoms with van der Waals surface area (Å²) in [5.41, 5.74) is 0. The van der Waals surface area contributed by atoms with E-state index in [0.29, 0.717) is 0 Å². The Labute approximate surface area is 67.1 Å². The van der Waals surface area contributed by atoms with Crippen LogP contribution in [0.25, 0.3) is 0 Å². The Hall–Kier alpha value is -0.820. The summed E-state index contributed by atoms with van der Waals surface area (Å²) in [6.45, 7) is 0. The van der Waals surface area contributed by atoms with Crippen LogP contribution in [0.4, 0.5) is 0 Å². The maximum Gasteiger partial charge on any atom is 0.234 e. The van der Waals surface area contributed by atoms with Crippen molar-refractivity contribution in [3.63, 3.8) is 0 Å². The number of aliphatic hydroxyl groups is 4. The summed E-state index contributed by atoms with van der Waals surface area (Å²) in [5.74, 6) is -5.16. The van der Waals surface area contributed by atoms with Crippen molar-refractivity contribution in [3.8, 4) is 0 Å². The normalized spacial score (nSPS) is 35.3. The fourth-order valence-corrected chi connectivity index (χ4v) is 0.991. The molecule has 4 N–H and O–H groups in total. The average Bonchev–Trinajstić information content (AvgIpc) is 1.97. The van der Waals surface area contributed by atoms with E-state index in [1.807, 2.05) is 0 Å². The fraction of sp³-hybridized carbons (Fsp3) is 0.667.